The average Bonchev–Trinajstić information content (AvgIpc) is 2.90. The molecule has 21 heavy (non-hydrogen) atoms. The van der Waals surface area contributed by atoms with Crippen LogP contribution in [0.5, 0.6) is 11.5 Å². The van der Waals surface area contributed by atoms with Crippen molar-refractivity contribution in [3.8, 4) is 11.5 Å². The van der Waals surface area contributed by atoms with Gasteiger partial charge < -0.3 is 19.9 Å². The molecule has 1 aromatic rings. The van der Waals surface area contributed by atoms with Gasteiger partial charge in [0.15, 0.2) is 0 Å². The molecule has 4 heteroatoms. The van der Waals surface area contributed by atoms with Crippen LogP contribution in [0.25, 0.3) is 0 Å². The monoisotopic (exact) mass is 293 g/mol. The van der Waals surface area contributed by atoms with Gasteiger partial charge in [-0.05, 0) is 50.8 Å². The van der Waals surface area contributed by atoms with Crippen molar-refractivity contribution in [2.75, 3.05) is 19.8 Å². The minimum atomic E-state index is 0.200. The van der Waals surface area contributed by atoms with Crippen LogP contribution in [0, 0.1) is 0 Å². The Bertz CT molecular complexity index is 436. The Labute approximate surface area is 127 Å². The highest BCUT2D eigenvalue weighted by Crippen LogP contribution is 2.27. The van der Waals surface area contributed by atoms with E-state index in [-0.39, 0.29) is 6.10 Å². The fourth-order valence-electron chi connectivity index (χ4n) is 2.53. The molecule has 0 spiro atoms. The molecule has 1 heterocycles. The van der Waals surface area contributed by atoms with E-state index in [0.717, 1.165) is 49.4 Å². The van der Waals surface area contributed by atoms with Gasteiger partial charge in [-0.15, -0.1) is 0 Å². The van der Waals surface area contributed by atoms with Gasteiger partial charge in [0.1, 0.15) is 18.1 Å². The van der Waals surface area contributed by atoms with E-state index >= 15 is 0 Å². The molecule has 1 fully saturated rings. The molecule has 0 saturated carbocycles. The predicted molar refractivity (Wildman–Crippen MR) is 84.1 cm³/mol. The second-order valence-corrected chi connectivity index (χ2v) is 5.61. The lowest BCUT2D eigenvalue weighted by Crippen LogP contribution is -2.18. The maximum atomic E-state index is 5.98. The van der Waals surface area contributed by atoms with Crippen LogP contribution in [-0.2, 0) is 11.2 Å². The van der Waals surface area contributed by atoms with Gasteiger partial charge in [-0.25, -0.2) is 0 Å². The molecule has 118 valence electrons. The quantitative estimate of drug-likeness (QED) is 0.800. The first-order valence-electron chi connectivity index (χ1n) is 7.97. The summed E-state index contributed by atoms with van der Waals surface area (Å²) >= 11 is 0. The second kappa shape index (κ2) is 8.25. The summed E-state index contributed by atoms with van der Waals surface area (Å²) in [5.41, 5.74) is 6.80. The van der Waals surface area contributed by atoms with Crippen molar-refractivity contribution in [3.05, 3.63) is 23.8 Å². The first-order valence-corrected chi connectivity index (χ1v) is 7.97. The molecule has 0 radical (unpaired) electrons. The predicted octanol–water partition coefficient (Wildman–Crippen LogP) is 2.92. The van der Waals surface area contributed by atoms with E-state index in [2.05, 4.69) is 13.8 Å². The maximum Gasteiger partial charge on any atom is 0.126 e. The summed E-state index contributed by atoms with van der Waals surface area (Å²) in [5.74, 6) is 1.73. The first-order chi connectivity index (χ1) is 10.2. The average molecular weight is 293 g/mol. The van der Waals surface area contributed by atoms with Crippen molar-refractivity contribution in [3.63, 3.8) is 0 Å². The van der Waals surface area contributed by atoms with E-state index in [1.807, 2.05) is 18.2 Å². The molecule has 0 amide bonds. The fourth-order valence-corrected chi connectivity index (χ4v) is 2.53. The van der Waals surface area contributed by atoms with Gasteiger partial charge in [-0.1, -0.05) is 13.0 Å². The van der Waals surface area contributed by atoms with Gasteiger partial charge in [-0.2, -0.15) is 0 Å². The molecule has 0 aliphatic carbocycles. The lowest BCUT2D eigenvalue weighted by Gasteiger charge is -2.16. The molecule has 2 N–H and O–H groups in total. The van der Waals surface area contributed by atoms with Gasteiger partial charge in [0, 0.05) is 6.07 Å². The van der Waals surface area contributed by atoms with Crippen molar-refractivity contribution in [1.82, 2.24) is 0 Å². The van der Waals surface area contributed by atoms with Crippen LogP contribution in [-0.4, -0.2) is 32.0 Å². The Morgan fingerprint density at radius 1 is 1.29 bits per heavy atom. The minimum Gasteiger partial charge on any atom is -0.493 e. The van der Waals surface area contributed by atoms with Crippen LogP contribution >= 0.6 is 0 Å². The van der Waals surface area contributed by atoms with Gasteiger partial charge in [0.05, 0.1) is 18.8 Å². The van der Waals surface area contributed by atoms with E-state index < -0.39 is 0 Å². The van der Waals surface area contributed by atoms with Crippen LogP contribution < -0.4 is 15.2 Å². The summed E-state index contributed by atoms with van der Waals surface area (Å²) < 4.78 is 17.5. The molecule has 2 unspecified atom stereocenters. The van der Waals surface area contributed by atoms with Crippen molar-refractivity contribution < 1.29 is 14.2 Å². The molecule has 1 aliphatic heterocycles. The third-order valence-electron chi connectivity index (χ3n) is 3.67. The summed E-state index contributed by atoms with van der Waals surface area (Å²) in [6, 6.07) is 6.01. The van der Waals surface area contributed by atoms with Gasteiger partial charge in [0.2, 0.25) is 0 Å². The Morgan fingerprint density at radius 3 is 2.81 bits per heavy atom. The molecule has 2 atom stereocenters. The topological polar surface area (TPSA) is 53.7 Å². The molecule has 1 saturated heterocycles. The lowest BCUT2D eigenvalue weighted by molar-refractivity contribution is 0.0262. The zero-order chi connectivity index (χ0) is 15.1. The lowest BCUT2D eigenvalue weighted by atomic mass is 10.1. The first kappa shape index (κ1) is 16.1. The third-order valence-corrected chi connectivity index (χ3v) is 3.67. The van der Waals surface area contributed by atoms with Crippen LogP contribution in [0.3, 0.4) is 0 Å². The normalized spacial score (nSPS) is 21.5. The molecule has 0 aromatic heterocycles. The molecule has 2 rings (SSSR count). The molecule has 4 nitrogen and oxygen atoms in total. The maximum absolute atomic E-state index is 5.98. The summed E-state index contributed by atoms with van der Waals surface area (Å²) in [4.78, 5) is 0. The highest BCUT2D eigenvalue weighted by atomic mass is 16.5. The Kier molecular flexibility index (Phi) is 6.33. The van der Waals surface area contributed by atoms with E-state index in [4.69, 9.17) is 19.9 Å². The number of hydrogen-bond donors (Lipinski definition) is 1. The molecule has 0 bridgehead atoms. The summed E-state index contributed by atoms with van der Waals surface area (Å²) in [7, 11) is 0. The van der Waals surface area contributed by atoms with E-state index in [1.165, 1.54) is 0 Å². The SMILES string of the molecule is CCCOc1ccc(CCN)c(OCC2CCC(C)O2)c1. The zero-order valence-electron chi connectivity index (χ0n) is 13.1. The number of rotatable bonds is 8. The van der Waals surface area contributed by atoms with Crippen molar-refractivity contribution in [2.24, 2.45) is 5.73 Å². The van der Waals surface area contributed by atoms with Gasteiger partial charge >= 0.3 is 0 Å². The molecule has 1 aromatic carbocycles. The molecular formula is C17H27NO3. The Hall–Kier alpha value is -1.26. The summed E-state index contributed by atoms with van der Waals surface area (Å²) in [5, 5.41) is 0. The smallest absolute Gasteiger partial charge is 0.126 e. The summed E-state index contributed by atoms with van der Waals surface area (Å²) in [6.07, 6.45) is 4.54. The van der Waals surface area contributed by atoms with Crippen LogP contribution in [0.15, 0.2) is 18.2 Å². The highest BCUT2D eigenvalue weighted by molar-refractivity contribution is 5.41. The number of hydrogen-bond acceptors (Lipinski definition) is 4. The van der Waals surface area contributed by atoms with E-state index in [1.54, 1.807) is 0 Å². The third kappa shape index (κ3) is 4.90. The van der Waals surface area contributed by atoms with Crippen LogP contribution in [0.2, 0.25) is 0 Å². The zero-order valence-corrected chi connectivity index (χ0v) is 13.1. The summed E-state index contributed by atoms with van der Waals surface area (Å²) in [6.45, 7) is 6.14. The number of benzene rings is 1. The van der Waals surface area contributed by atoms with Crippen molar-refractivity contribution >= 4 is 0 Å². The fraction of sp³-hybridized carbons (Fsp3) is 0.647. The van der Waals surface area contributed by atoms with Gasteiger partial charge in [-0.3, -0.25) is 0 Å². The Balaban J connectivity index is 1.99. The largest absolute Gasteiger partial charge is 0.493 e. The van der Waals surface area contributed by atoms with Crippen molar-refractivity contribution in [2.45, 2.75) is 51.7 Å². The molecular weight excluding hydrogens is 266 g/mol. The standard InChI is InChI=1S/C17H27NO3/c1-3-10-19-15-7-5-14(8-9-18)17(11-15)20-12-16-6-4-13(2)21-16/h5,7,11,13,16H,3-4,6,8-10,12,18H2,1-2H3. The second-order valence-electron chi connectivity index (χ2n) is 5.61. The van der Waals surface area contributed by atoms with E-state index in [0.29, 0.717) is 19.3 Å². The Morgan fingerprint density at radius 2 is 2.14 bits per heavy atom. The van der Waals surface area contributed by atoms with Crippen molar-refractivity contribution in [1.29, 1.82) is 0 Å². The minimum absolute atomic E-state index is 0.200. The number of ether oxygens (including phenoxy) is 3. The van der Waals surface area contributed by atoms with Crippen LogP contribution in [0.4, 0.5) is 0 Å². The number of nitrogens with two attached hydrogens (primary N) is 1. The van der Waals surface area contributed by atoms with Crippen LogP contribution in [0.1, 0.15) is 38.7 Å². The molecule has 1 aliphatic rings. The highest BCUT2D eigenvalue weighted by Gasteiger charge is 2.22. The van der Waals surface area contributed by atoms with Gasteiger partial charge in [0.25, 0.3) is 0 Å². The van der Waals surface area contributed by atoms with E-state index in [9.17, 15) is 0 Å².